The van der Waals surface area contributed by atoms with Gasteiger partial charge < -0.3 is 14.8 Å². The Morgan fingerprint density at radius 3 is 3.00 bits per heavy atom. The molecule has 1 rings (SSSR count). The Hall–Kier alpha value is -1.89. The van der Waals surface area contributed by atoms with E-state index in [1.165, 1.54) is 6.07 Å². The Labute approximate surface area is 81.9 Å². The van der Waals surface area contributed by atoms with E-state index < -0.39 is 5.97 Å². The van der Waals surface area contributed by atoms with Crippen molar-refractivity contribution in [2.75, 3.05) is 5.32 Å². The monoisotopic (exact) mass is 193 g/mol. The minimum absolute atomic E-state index is 0.0628. The zero-order valence-electron chi connectivity index (χ0n) is 7.78. The van der Waals surface area contributed by atoms with Gasteiger partial charge in [0.1, 0.15) is 0 Å². The molecule has 0 bridgehead atoms. The first-order chi connectivity index (χ1) is 6.63. The average Bonchev–Trinajstić information content (AvgIpc) is 2.53. The van der Waals surface area contributed by atoms with E-state index in [1.54, 1.807) is 6.07 Å². The lowest BCUT2D eigenvalue weighted by molar-refractivity contribution is 0.0663. The fourth-order valence-electron chi connectivity index (χ4n) is 1.00. The summed E-state index contributed by atoms with van der Waals surface area (Å²) in [6.07, 6.45) is 5.68. The van der Waals surface area contributed by atoms with Crippen LogP contribution >= 0.6 is 0 Å². The summed E-state index contributed by atoms with van der Waals surface area (Å²) in [6.45, 7) is 1.89. The summed E-state index contributed by atoms with van der Waals surface area (Å²) >= 11 is 0. The van der Waals surface area contributed by atoms with E-state index in [9.17, 15) is 4.79 Å². The zero-order chi connectivity index (χ0) is 10.6. The molecule has 1 unspecified atom stereocenters. The zero-order valence-corrected chi connectivity index (χ0v) is 7.78. The molecule has 2 N–H and O–H groups in total. The van der Waals surface area contributed by atoms with Gasteiger partial charge in [0, 0.05) is 18.5 Å². The van der Waals surface area contributed by atoms with Crippen LogP contribution in [0.2, 0.25) is 0 Å². The van der Waals surface area contributed by atoms with Gasteiger partial charge in [0.25, 0.3) is 0 Å². The lowest BCUT2D eigenvalue weighted by Crippen LogP contribution is -2.13. The van der Waals surface area contributed by atoms with E-state index in [2.05, 4.69) is 11.2 Å². The van der Waals surface area contributed by atoms with E-state index in [0.717, 1.165) is 0 Å². The SMILES string of the molecule is C#CCC(C)Nc1ccc(C(=O)O)o1. The summed E-state index contributed by atoms with van der Waals surface area (Å²) in [5.41, 5.74) is 0. The molecular formula is C10H11NO3. The van der Waals surface area contributed by atoms with Crippen molar-refractivity contribution >= 4 is 11.9 Å². The van der Waals surface area contributed by atoms with E-state index in [1.807, 2.05) is 6.92 Å². The van der Waals surface area contributed by atoms with Gasteiger partial charge in [-0.15, -0.1) is 12.3 Å². The fourth-order valence-corrected chi connectivity index (χ4v) is 1.00. The smallest absolute Gasteiger partial charge is 0.371 e. The molecule has 0 radical (unpaired) electrons. The molecular weight excluding hydrogens is 182 g/mol. The maximum atomic E-state index is 10.5. The van der Waals surface area contributed by atoms with Crippen LogP contribution < -0.4 is 5.32 Å². The van der Waals surface area contributed by atoms with Crippen LogP contribution in [0.25, 0.3) is 0 Å². The van der Waals surface area contributed by atoms with Crippen molar-refractivity contribution in [3.8, 4) is 12.3 Å². The quantitative estimate of drug-likeness (QED) is 0.716. The lowest BCUT2D eigenvalue weighted by atomic mass is 10.2. The highest BCUT2D eigenvalue weighted by Gasteiger charge is 2.09. The van der Waals surface area contributed by atoms with Crippen molar-refractivity contribution in [3.63, 3.8) is 0 Å². The second kappa shape index (κ2) is 4.38. The lowest BCUT2D eigenvalue weighted by Gasteiger charge is -2.08. The maximum absolute atomic E-state index is 10.5. The first-order valence-corrected chi connectivity index (χ1v) is 4.16. The minimum Gasteiger partial charge on any atom is -0.475 e. The van der Waals surface area contributed by atoms with Gasteiger partial charge >= 0.3 is 5.97 Å². The van der Waals surface area contributed by atoms with Crippen molar-refractivity contribution < 1.29 is 14.3 Å². The number of carboxylic acids is 1. The first-order valence-electron chi connectivity index (χ1n) is 4.16. The van der Waals surface area contributed by atoms with Crippen molar-refractivity contribution in [2.45, 2.75) is 19.4 Å². The largest absolute Gasteiger partial charge is 0.475 e. The Kier molecular flexibility index (Phi) is 3.19. The summed E-state index contributed by atoms with van der Waals surface area (Å²) < 4.78 is 4.98. The van der Waals surface area contributed by atoms with E-state index in [4.69, 9.17) is 15.9 Å². The highest BCUT2D eigenvalue weighted by Crippen LogP contribution is 2.14. The van der Waals surface area contributed by atoms with Crippen LogP contribution in [-0.2, 0) is 0 Å². The third-order valence-electron chi connectivity index (χ3n) is 1.63. The number of terminal acetylenes is 1. The van der Waals surface area contributed by atoms with Crippen LogP contribution in [0.1, 0.15) is 23.9 Å². The van der Waals surface area contributed by atoms with Crippen molar-refractivity contribution in [3.05, 3.63) is 17.9 Å². The molecule has 0 aliphatic rings. The number of furan rings is 1. The summed E-state index contributed by atoms with van der Waals surface area (Å²) in [5.74, 6) is 1.75. The Bertz CT molecular complexity index is 362. The molecule has 0 aromatic carbocycles. The van der Waals surface area contributed by atoms with Crippen LogP contribution in [0.3, 0.4) is 0 Å². The van der Waals surface area contributed by atoms with Gasteiger partial charge in [0.2, 0.25) is 5.76 Å². The van der Waals surface area contributed by atoms with Crippen molar-refractivity contribution in [2.24, 2.45) is 0 Å². The van der Waals surface area contributed by atoms with E-state index >= 15 is 0 Å². The molecule has 0 saturated heterocycles. The van der Waals surface area contributed by atoms with Gasteiger partial charge in [-0.05, 0) is 13.0 Å². The van der Waals surface area contributed by atoms with Crippen molar-refractivity contribution in [1.29, 1.82) is 0 Å². The highest BCUT2D eigenvalue weighted by molar-refractivity contribution is 5.84. The Morgan fingerprint density at radius 2 is 2.50 bits per heavy atom. The molecule has 0 aliphatic carbocycles. The van der Waals surface area contributed by atoms with Gasteiger partial charge in [-0.1, -0.05) is 0 Å². The third kappa shape index (κ3) is 2.56. The summed E-state index contributed by atoms with van der Waals surface area (Å²) in [6, 6.07) is 3.02. The molecule has 74 valence electrons. The van der Waals surface area contributed by atoms with Crippen LogP contribution in [-0.4, -0.2) is 17.1 Å². The number of hydrogen-bond donors (Lipinski definition) is 2. The molecule has 0 saturated carbocycles. The summed E-state index contributed by atoms with van der Waals surface area (Å²) in [4.78, 5) is 10.5. The number of anilines is 1. The van der Waals surface area contributed by atoms with Gasteiger partial charge in [-0.2, -0.15) is 0 Å². The van der Waals surface area contributed by atoms with E-state index in [-0.39, 0.29) is 11.8 Å². The molecule has 0 fully saturated rings. The Balaban J connectivity index is 2.60. The van der Waals surface area contributed by atoms with Gasteiger partial charge in [-0.3, -0.25) is 0 Å². The Morgan fingerprint density at radius 1 is 1.79 bits per heavy atom. The third-order valence-corrected chi connectivity index (χ3v) is 1.63. The van der Waals surface area contributed by atoms with Crippen LogP contribution in [0, 0.1) is 12.3 Å². The molecule has 0 spiro atoms. The topological polar surface area (TPSA) is 62.5 Å². The number of carboxylic acid groups (broad SMARTS) is 1. The molecule has 1 atom stereocenters. The molecule has 1 heterocycles. The average molecular weight is 193 g/mol. The summed E-state index contributed by atoms with van der Waals surface area (Å²) in [5, 5.41) is 11.5. The fraction of sp³-hybridized carbons (Fsp3) is 0.300. The van der Waals surface area contributed by atoms with Gasteiger partial charge in [-0.25, -0.2) is 4.79 Å². The number of carbonyl (C=O) groups is 1. The van der Waals surface area contributed by atoms with Gasteiger partial charge in [0.15, 0.2) is 5.88 Å². The minimum atomic E-state index is -1.08. The molecule has 4 heteroatoms. The molecule has 0 amide bonds. The first kappa shape index (κ1) is 10.2. The maximum Gasteiger partial charge on any atom is 0.371 e. The predicted molar refractivity (Wildman–Crippen MR) is 52.2 cm³/mol. The summed E-state index contributed by atoms with van der Waals surface area (Å²) in [7, 11) is 0. The standard InChI is InChI=1S/C10H11NO3/c1-3-4-7(2)11-9-6-5-8(14-9)10(12)13/h1,5-7,11H,4H2,2H3,(H,12,13). The van der Waals surface area contributed by atoms with Crippen LogP contribution in [0.5, 0.6) is 0 Å². The second-order valence-corrected chi connectivity index (χ2v) is 2.92. The molecule has 0 aliphatic heterocycles. The second-order valence-electron chi connectivity index (χ2n) is 2.92. The number of aromatic carboxylic acids is 1. The predicted octanol–water partition coefficient (Wildman–Crippen LogP) is 1.80. The van der Waals surface area contributed by atoms with Crippen LogP contribution in [0.4, 0.5) is 5.88 Å². The molecule has 1 aromatic rings. The number of rotatable bonds is 4. The van der Waals surface area contributed by atoms with E-state index in [0.29, 0.717) is 12.3 Å². The molecule has 14 heavy (non-hydrogen) atoms. The number of nitrogens with one attached hydrogen (secondary N) is 1. The molecule has 4 nitrogen and oxygen atoms in total. The normalized spacial score (nSPS) is 11.7. The number of hydrogen-bond acceptors (Lipinski definition) is 3. The molecule has 1 aromatic heterocycles. The van der Waals surface area contributed by atoms with Gasteiger partial charge in [0.05, 0.1) is 0 Å². The van der Waals surface area contributed by atoms with Crippen LogP contribution in [0.15, 0.2) is 16.5 Å². The van der Waals surface area contributed by atoms with Crippen molar-refractivity contribution in [1.82, 2.24) is 0 Å². The highest BCUT2D eigenvalue weighted by atomic mass is 16.4.